The van der Waals surface area contributed by atoms with Crippen LogP contribution in [0, 0.1) is 6.92 Å². The fourth-order valence-electron chi connectivity index (χ4n) is 1.72. The predicted molar refractivity (Wildman–Crippen MR) is 77.4 cm³/mol. The molecule has 0 aliphatic rings. The van der Waals surface area contributed by atoms with Crippen molar-refractivity contribution in [2.75, 3.05) is 7.11 Å². The van der Waals surface area contributed by atoms with E-state index < -0.39 is 0 Å². The normalized spacial score (nSPS) is 10.8. The predicted octanol–water partition coefficient (Wildman–Crippen LogP) is 1.06. The average Bonchev–Trinajstić information content (AvgIpc) is 2.86. The molecule has 2 N–H and O–H groups in total. The van der Waals surface area contributed by atoms with E-state index in [9.17, 15) is 9.90 Å². The summed E-state index contributed by atoms with van der Waals surface area (Å²) in [6.45, 7) is 1.92. The van der Waals surface area contributed by atoms with Crippen LogP contribution in [0.3, 0.4) is 0 Å². The lowest BCUT2D eigenvalue weighted by Gasteiger charge is -2.05. The first kappa shape index (κ1) is 14.6. The van der Waals surface area contributed by atoms with E-state index in [4.69, 9.17) is 4.74 Å². The van der Waals surface area contributed by atoms with Gasteiger partial charge < -0.3 is 9.84 Å². The Labute approximate surface area is 121 Å². The first-order valence-electron chi connectivity index (χ1n) is 6.28. The van der Waals surface area contributed by atoms with Crippen molar-refractivity contribution in [2.24, 2.45) is 5.10 Å². The minimum atomic E-state index is -0.309. The van der Waals surface area contributed by atoms with Gasteiger partial charge >= 0.3 is 0 Å². The van der Waals surface area contributed by atoms with Crippen LogP contribution in [0.15, 0.2) is 35.6 Å². The largest absolute Gasteiger partial charge is 0.504 e. The summed E-state index contributed by atoms with van der Waals surface area (Å²) >= 11 is 0. The number of aromatic hydroxyl groups is 1. The molecule has 1 aromatic carbocycles. The highest BCUT2D eigenvalue weighted by molar-refractivity contribution is 5.86. The Balaban J connectivity index is 1.94. The average molecular weight is 288 g/mol. The summed E-state index contributed by atoms with van der Waals surface area (Å²) in [7, 11) is 1.46. The summed E-state index contributed by atoms with van der Waals surface area (Å²) in [6, 6.07) is 6.81. The number of nitrogens with zero attached hydrogens (tertiary/aromatic N) is 3. The van der Waals surface area contributed by atoms with Crippen LogP contribution in [0.2, 0.25) is 0 Å². The molecule has 2 aromatic rings. The molecule has 1 heterocycles. The van der Waals surface area contributed by atoms with E-state index in [-0.39, 0.29) is 18.2 Å². The van der Waals surface area contributed by atoms with Crippen LogP contribution in [-0.4, -0.2) is 34.1 Å². The van der Waals surface area contributed by atoms with Crippen molar-refractivity contribution in [1.82, 2.24) is 15.2 Å². The minimum Gasteiger partial charge on any atom is -0.504 e. The third kappa shape index (κ3) is 3.82. The number of hydrogen-bond donors (Lipinski definition) is 2. The molecule has 0 saturated carbocycles. The number of benzene rings is 1. The van der Waals surface area contributed by atoms with Gasteiger partial charge in [0.25, 0.3) is 5.91 Å². The van der Waals surface area contributed by atoms with E-state index in [0.29, 0.717) is 11.3 Å². The molecule has 110 valence electrons. The molecule has 0 bridgehead atoms. The monoisotopic (exact) mass is 288 g/mol. The Kier molecular flexibility index (Phi) is 4.55. The Bertz CT molecular complexity index is 664. The minimum absolute atomic E-state index is 0.0271. The molecule has 0 spiro atoms. The quantitative estimate of drug-likeness (QED) is 0.636. The van der Waals surface area contributed by atoms with Gasteiger partial charge in [-0.2, -0.15) is 10.2 Å². The summed E-state index contributed by atoms with van der Waals surface area (Å²) < 4.78 is 6.50. The highest BCUT2D eigenvalue weighted by Gasteiger charge is 2.05. The van der Waals surface area contributed by atoms with Gasteiger partial charge in [-0.1, -0.05) is 6.07 Å². The van der Waals surface area contributed by atoms with Gasteiger partial charge in [-0.05, 0) is 25.1 Å². The van der Waals surface area contributed by atoms with Gasteiger partial charge in [-0.3, -0.25) is 9.48 Å². The van der Waals surface area contributed by atoms with Crippen LogP contribution in [-0.2, 0) is 11.3 Å². The lowest BCUT2D eigenvalue weighted by molar-refractivity contribution is -0.121. The zero-order chi connectivity index (χ0) is 15.2. The Hall–Kier alpha value is -2.83. The molecule has 0 aliphatic heterocycles. The molecule has 0 atom stereocenters. The summed E-state index contributed by atoms with van der Waals surface area (Å²) in [5.74, 6) is 0.00901. The van der Waals surface area contributed by atoms with E-state index in [2.05, 4.69) is 15.6 Å². The van der Waals surface area contributed by atoms with Crippen LogP contribution in [0.25, 0.3) is 0 Å². The van der Waals surface area contributed by atoms with E-state index in [1.165, 1.54) is 18.0 Å². The second kappa shape index (κ2) is 6.56. The van der Waals surface area contributed by atoms with Gasteiger partial charge in [-0.15, -0.1) is 0 Å². The molecule has 2 rings (SSSR count). The zero-order valence-corrected chi connectivity index (χ0v) is 11.8. The molecular weight excluding hydrogens is 272 g/mol. The first-order valence-corrected chi connectivity index (χ1v) is 6.28. The second-order valence-corrected chi connectivity index (χ2v) is 4.35. The number of phenols is 1. The molecule has 0 fully saturated rings. The summed E-state index contributed by atoms with van der Waals surface area (Å²) in [6.07, 6.45) is 3.07. The fourth-order valence-corrected chi connectivity index (χ4v) is 1.72. The maximum absolute atomic E-state index is 11.6. The maximum atomic E-state index is 11.6. The standard InChI is InChI=1S/C14H16N4O3/c1-10-6-7-18(17-10)9-13(19)16-15-8-11-4-3-5-12(21-2)14(11)20/h3-8,20H,9H2,1-2H3,(H,16,19). The smallest absolute Gasteiger partial charge is 0.261 e. The molecule has 7 nitrogen and oxygen atoms in total. The fraction of sp³-hybridized carbons (Fsp3) is 0.214. The van der Waals surface area contributed by atoms with E-state index in [1.54, 1.807) is 24.4 Å². The first-order chi connectivity index (χ1) is 10.1. The van der Waals surface area contributed by atoms with Crippen LogP contribution in [0.5, 0.6) is 11.5 Å². The topological polar surface area (TPSA) is 88.7 Å². The maximum Gasteiger partial charge on any atom is 0.261 e. The van der Waals surface area contributed by atoms with Crippen LogP contribution < -0.4 is 10.2 Å². The number of methoxy groups -OCH3 is 1. The third-order valence-electron chi connectivity index (χ3n) is 2.72. The molecule has 0 aliphatic carbocycles. The molecule has 1 amide bonds. The number of aromatic nitrogens is 2. The molecule has 21 heavy (non-hydrogen) atoms. The SMILES string of the molecule is COc1cccc(C=NNC(=O)Cn2ccc(C)n2)c1O. The van der Waals surface area contributed by atoms with Gasteiger partial charge in [0.2, 0.25) is 0 Å². The van der Waals surface area contributed by atoms with E-state index in [0.717, 1.165) is 5.69 Å². The van der Waals surface area contributed by atoms with Crippen molar-refractivity contribution in [2.45, 2.75) is 13.5 Å². The van der Waals surface area contributed by atoms with Crippen LogP contribution in [0.1, 0.15) is 11.3 Å². The summed E-state index contributed by atoms with van der Waals surface area (Å²) in [4.78, 5) is 11.6. The molecule has 0 radical (unpaired) electrons. The highest BCUT2D eigenvalue weighted by Crippen LogP contribution is 2.27. The summed E-state index contributed by atoms with van der Waals surface area (Å²) in [5.41, 5.74) is 3.66. The Morgan fingerprint density at radius 2 is 2.33 bits per heavy atom. The van der Waals surface area contributed by atoms with Gasteiger partial charge in [0.05, 0.1) is 19.0 Å². The Morgan fingerprint density at radius 1 is 1.52 bits per heavy atom. The second-order valence-electron chi connectivity index (χ2n) is 4.35. The number of aryl methyl sites for hydroxylation is 1. The van der Waals surface area contributed by atoms with Gasteiger partial charge in [0.15, 0.2) is 11.5 Å². The molecular formula is C14H16N4O3. The lowest BCUT2D eigenvalue weighted by Crippen LogP contribution is -2.23. The number of carbonyl (C=O) groups is 1. The van der Waals surface area contributed by atoms with Crippen LogP contribution >= 0.6 is 0 Å². The number of rotatable bonds is 5. The number of ether oxygens (including phenoxy) is 1. The van der Waals surface area contributed by atoms with Crippen molar-refractivity contribution in [3.05, 3.63) is 41.7 Å². The molecule has 0 saturated heterocycles. The number of carbonyl (C=O) groups excluding carboxylic acids is 1. The molecule has 7 heteroatoms. The van der Waals surface area contributed by atoms with Crippen molar-refractivity contribution < 1.29 is 14.6 Å². The number of phenolic OH excluding ortho intramolecular Hbond substituents is 1. The number of hydrogen-bond acceptors (Lipinski definition) is 5. The van der Waals surface area contributed by atoms with Crippen molar-refractivity contribution in [3.63, 3.8) is 0 Å². The van der Waals surface area contributed by atoms with Gasteiger partial charge in [-0.25, -0.2) is 5.43 Å². The number of para-hydroxylation sites is 1. The Morgan fingerprint density at radius 3 is 3.00 bits per heavy atom. The molecule has 1 aromatic heterocycles. The summed E-state index contributed by atoms with van der Waals surface area (Å²) in [5, 5.41) is 17.7. The van der Waals surface area contributed by atoms with Crippen molar-refractivity contribution >= 4 is 12.1 Å². The van der Waals surface area contributed by atoms with Crippen molar-refractivity contribution in [1.29, 1.82) is 0 Å². The van der Waals surface area contributed by atoms with Crippen LogP contribution in [0.4, 0.5) is 0 Å². The number of nitrogens with one attached hydrogen (secondary N) is 1. The zero-order valence-electron chi connectivity index (χ0n) is 11.8. The lowest BCUT2D eigenvalue weighted by atomic mass is 10.2. The number of hydrazone groups is 1. The highest BCUT2D eigenvalue weighted by atomic mass is 16.5. The van der Waals surface area contributed by atoms with Gasteiger partial charge in [0, 0.05) is 11.8 Å². The van der Waals surface area contributed by atoms with E-state index in [1.807, 2.05) is 13.0 Å². The van der Waals surface area contributed by atoms with E-state index >= 15 is 0 Å². The molecule has 0 unspecified atom stereocenters. The van der Waals surface area contributed by atoms with Crippen molar-refractivity contribution in [3.8, 4) is 11.5 Å². The number of amides is 1. The third-order valence-corrected chi connectivity index (χ3v) is 2.72. The van der Waals surface area contributed by atoms with Gasteiger partial charge in [0.1, 0.15) is 6.54 Å².